The van der Waals surface area contributed by atoms with Gasteiger partial charge in [0.25, 0.3) is 0 Å². The number of benzene rings is 3. The summed E-state index contributed by atoms with van der Waals surface area (Å²) < 4.78 is 8.16. The van der Waals surface area contributed by atoms with Gasteiger partial charge in [-0.2, -0.15) is 0 Å². The fourth-order valence-electron chi connectivity index (χ4n) is 3.71. The minimum Gasteiger partial charge on any atom is -0.483 e. The second kappa shape index (κ2) is 11.6. The summed E-state index contributed by atoms with van der Waals surface area (Å²) in [4.78, 5) is 12.7. The fraction of sp³-hybridized carbons (Fsp3) is 0.250. The van der Waals surface area contributed by atoms with Crippen molar-refractivity contribution in [3.8, 4) is 11.4 Å². The molecule has 0 saturated carbocycles. The van der Waals surface area contributed by atoms with E-state index in [1.165, 1.54) is 17.3 Å². The first kappa shape index (κ1) is 25.8. The van der Waals surface area contributed by atoms with E-state index in [1.54, 1.807) is 6.07 Å². The van der Waals surface area contributed by atoms with Crippen LogP contribution in [-0.4, -0.2) is 26.4 Å². The van der Waals surface area contributed by atoms with E-state index in [0.717, 1.165) is 17.0 Å². The van der Waals surface area contributed by atoms with E-state index in [0.29, 0.717) is 27.6 Å². The first-order valence-electron chi connectivity index (χ1n) is 11.8. The van der Waals surface area contributed by atoms with Gasteiger partial charge in [0, 0.05) is 16.4 Å². The summed E-state index contributed by atoms with van der Waals surface area (Å²) in [5.41, 5.74) is 3.69. The van der Waals surface area contributed by atoms with Gasteiger partial charge in [0.2, 0.25) is 5.91 Å². The van der Waals surface area contributed by atoms with Crippen LogP contribution in [0, 0.1) is 6.92 Å². The summed E-state index contributed by atoms with van der Waals surface area (Å²) in [7, 11) is 0. The number of carbonyl (C=O) groups is 1. The van der Waals surface area contributed by atoms with E-state index >= 15 is 0 Å². The van der Waals surface area contributed by atoms with Crippen molar-refractivity contribution in [2.45, 2.75) is 44.9 Å². The first-order valence-corrected chi connectivity index (χ1v) is 13.1. The third-order valence-corrected chi connectivity index (χ3v) is 7.11. The van der Waals surface area contributed by atoms with Gasteiger partial charge < -0.3 is 10.1 Å². The number of nitrogens with zero attached hydrogens (tertiary/aromatic N) is 3. The molecule has 1 unspecified atom stereocenters. The average molecular weight is 521 g/mol. The molecular weight excluding hydrogens is 492 g/mol. The van der Waals surface area contributed by atoms with Gasteiger partial charge in [0.05, 0.1) is 5.75 Å². The van der Waals surface area contributed by atoms with Crippen LogP contribution in [0.3, 0.4) is 0 Å². The molecule has 0 fully saturated rings. The van der Waals surface area contributed by atoms with Crippen molar-refractivity contribution in [2.75, 3.05) is 11.1 Å². The summed E-state index contributed by atoms with van der Waals surface area (Å²) in [6, 6.07) is 23.4. The Hall–Kier alpha value is -3.29. The maximum absolute atomic E-state index is 12.7. The number of thioether (sulfide) groups is 1. The Morgan fingerprint density at radius 1 is 1.00 bits per heavy atom. The van der Waals surface area contributed by atoms with Gasteiger partial charge >= 0.3 is 0 Å². The van der Waals surface area contributed by atoms with Crippen molar-refractivity contribution in [1.29, 1.82) is 0 Å². The predicted molar refractivity (Wildman–Crippen MR) is 146 cm³/mol. The Bertz CT molecular complexity index is 1320. The van der Waals surface area contributed by atoms with E-state index in [9.17, 15) is 4.79 Å². The third-order valence-electron chi connectivity index (χ3n) is 5.77. The minimum absolute atomic E-state index is 0.149. The third kappa shape index (κ3) is 6.09. The van der Waals surface area contributed by atoms with Gasteiger partial charge in [-0.1, -0.05) is 73.6 Å². The number of hydrogen-bond acceptors (Lipinski definition) is 5. The normalized spacial score (nSPS) is 11.9. The molecular formula is C28H29ClN4O2S. The van der Waals surface area contributed by atoms with Crippen LogP contribution in [0.5, 0.6) is 5.75 Å². The largest absolute Gasteiger partial charge is 0.483 e. The quantitative estimate of drug-likeness (QED) is 0.236. The van der Waals surface area contributed by atoms with Gasteiger partial charge in [-0.25, -0.2) is 0 Å². The highest BCUT2D eigenvalue weighted by Crippen LogP contribution is 2.29. The number of hydrogen-bond donors (Lipinski definition) is 1. The van der Waals surface area contributed by atoms with Crippen molar-refractivity contribution >= 4 is 35.0 Å². The fourth-order valence-corrected chi connectivity index (χ4v) is 4.64. The highest BCUT2D eigenvalue weighted by Gasteiger charge is 2.22. The molecule has 4 rings (SSSR count). The van der Waals surface area contributed by atoms with E-state index in [1.807, 2.05) is 73.0 Å². The minimum atomic E-state index is -0.361. The number of nitrogens with one attached hydrogen (secondary N) is 1. The Labute approximate surface area is 221 Å². The zero-order chi connectivity index (χ0) is 25.7. The van der Waals surface area contributed by atoms with Crippen LogP contribution in [0.1, 0.15) is 49.7 Å². The van der Waals surface area contributed by atoms with Crippen LogP contribution in [0.2, 0.25) is 5.02 Å². The van der Waals surface area contributed by atoms with Crippen LogP contribution < -0.4 is 10.1 Å². The Kier molecular flexibility index (Phi) is 8.33. The molecule has 0 aliphatic heterocycles. The SMILES string of the molecule is Cc1c(Cl)cccc1NC(=O)CSc1nnc(C(C)Oc2ccc(C(C)C)cc2)n1-c1ccccc1. The van der Waals surface area contributed by atoms with Gasteiger partial charge in [0.1, 0.15) is 5.75 Å². The molecule has 1 N–H and O–H groups in total. The van der Waals surface area contributed by atoms with Crippen LogP contribution in [-0.2, 0) is 4.79 Å². The van der Waals surface area contributed by atoms with Gasteiger partial charge in [0.15, 0.2) is 17.1 Å². The highest BCUT2D eigenvalue weighted by atomic mass is 35.5. The molecule has 6 nitrogen and oxygen atoms in total. The van der Waals surface area contributed by atoms with Crippen molar-refractivity contribution in [3.05, 3.63) is 94.8 Å². The lowest BCUT2D eigenvalue weighted by Crippen LogP contribution is -2.16. The molecule has 0 radical (unpaired) electrons. The summed E-state index contributed by atoms with van der Waals surface area (Å²) in [5.74, 6) is 1.90. The van der Waals surface area contributed by atoms with Gasteiger partial charge in [-0.3, -0.25) is 9.36 Å². The van der Waals surface area contributed by atoms with E-state index in [4.69, 9.17) is 16.3 Å². The molecule has 0 saturated heterocycles. The molecule has 1 atom stereocenters. The monoisotopic (exact) mass is 520 g/mol. The molecule has 4 aromatic rings. The number of anilines is 1. The lowest BCUT2D eigenvalue weighted by Gasteiger charge is -2.17. The van der Waals surface area contributed by atoms with Crippen LogP contribution in [0.25, 0.3) is 5.69 Å². The van der Waals surface area contributed by atoms with Crippen LogP contribution >= 0.6 is 23.4 Å². The Morgan fingerprint density at radius 3 is 2.42 bits per heavy atom. The smallest absolute Gasteiger partial charge is 0.234 e. The van der Waals surface area contributed by atoms with Crippen molar-refractivity contribution in [2.24, 2.45) is 0 Å². The summed E-state index contributed by atoms with van der Waals surface area (Å²) in [6.45, 7) is 8.15. The number of para-hydroxylation sites is 1. The molecule has 186 valence electrons. The van der Waals surface area contributed by atoms with Gasteiger partial charge in [-0.15, -0.1) is 10.2 Å². The van der Waals surface area contributed by atoms with E-state index in [-0.39, 0.29) is 17.8 Å². The van der Waals surface area contributed by atoms with E-state index < -0.39 is 0 Å². The zero-order valence-corrected chi connectivity index (χ0v) is 22.3. The zero-order valence-electron chi connectivity index (χ0n) is 20.7. The second-order valence-electron chi connectivity index (χ2n) is 8.74. The molecule has 1 amide bonds. The standard InChI is InChI=1S/C28H29ClN4O2S/c1-18(2)21-13-15-23(16-14-21)35-20(4)27-31-32-28(33(27)22-9-6-5-7-10-22)36-17-26(34)30-25-12-8-11-24(29)19(25)3/h5-16,18,20H,17H2,1-4H3,(H,30,34). The summed E-state index contributed by atoms with van der Waals surface area (Å²) in [6.07, 6.45) is -0.361. The summed E-state index contributed by atoms with van der Waals surface area (Å²) in [5, 5.41) is 13.0. The number of carbonyl (C=O) groups excluding carboxylic acids is 1. The molecule has 36 heavy (non-hydrogen) atoms. The highest BCUT2D eigenvalue weighted by molar-refractivity contribution is 7.99. The van der Waals surface area contributed by atoms with Gasteiger partial charge in [-0.05, 0) is 67.3 Å². The van der Waals surface area contributed by atoms with Crippen molar-refractivity contribution in [1.82, 2.24) is 14.8 Å². The number of rotatable bonds is 9. The topological polar surface area (TPSA) is 69.0 Å². The van der Waals surface area contributed by atoms with Crippen LogP contribution in [0.15, 0.2) is 78.0 Å². The molecule has 0 spiro atoms. The molecule has 0 aliphatic rings. The lowest BCUT2D eigenvalue weighted by molar-refractivity contribution is -0.113. The Morgan fingerprint density at radius 2 is 1.72 bits per heavy atom. The van der Waals surface area contributed by atoms with Crippen LogP contribution in [0.4, 0.5) is 5.69 Å². The molecule has 1 heterocycles. The van der Waals surface area contributed by atoms with Crippen molar-refractivity contribution in [3.63, 3.8) is 0 Å². The number of amides is 1. The maximum atomic E-state index is 12.7. The molecule has 0 aliphatic carbocycles. The molecule has 3 aromatic carbocycles. The molecule has 1 aromatic heterocycles. The number of ether oxygens (including phenoxy) is 1. The first-order chi connectivity index (χ1) is 17.3. The average Bonchev–Trinajstić information content (AvgIpc) is 3.30. The predicted octanol–water partition coefficient (Wildman–Crippen LogP) is 7.22. The van der Waals surface area contributed by atoms with Crippen molar-refractivity contribution < 1.29 is 9.53 Å². The number of halogens is 1. The molecule has 0 bridgehead atoms. The number of aromatic nitrogens is 3. The van der Waals surface area contributed by atoms with E-state index in [2.05, 4.69) is 41.5 Å². The molecule has 8 heteroatoms. The second-order valence-corrected chi connectivity index (χ2v) is 10.1. The Balaban J connectivity index is 1.53. The summed E-state index contributed by atoms with van der Waals surface area (Å²) >= 11 is 7.50. The maximum Gasteiger partial charge on any atom is 0.234 e. The lowest BCUT2D eigenvalue weighted by atomic mass is 10.0.